The Morgan fingerprint density at radius 2 is 1.89 bits per heavy atom. The number of phenols is 1. The number of carbonyl (C=O) groups is 1. The van der Waals surface area contributed by atoms with Gasteiger partial charge in [0, 0.05) is 11.6 Å². The SMILES string of the molecule is Cc1cc(C)c(O)c(C=CC(=O)OC(C)(C)C)c1. The van der Waals surface area contributed by atoms with E-state index in [0.29, 0.717) is 5.56 Å². The molecule has 1 aromatic carbocycles. The molecule has 0 aliphatic heterocycles. The predicted octanol–water partition coefficient (Wildman–Crippen LogP) is 3.36. The number of carbonyl (C=O) groups excluding carboxylic acids is 1. The highest BCUT2D eigenvalue weighted by Crippen LogP contribution is 2.24. The van der Waals surface area contributed by atoms with Gasteiger partial charge < -0.3 is 9.84 Å². The quantitative estimate of drug-likeness (QED) is 0.644. The fraction of sp³-hybridized carbons (Fsp3) is 0.400. The molecule has 0 unspecified atom stereocenters. The summed E-state index contributed by atoms with van der Waals surface area (Å²) < 4.78 is 5.15. The van der Waals surface area contributed by atoms with Crippen LogP contribution in [0.15, 0.2) is 18.2 Å². The third-order valence-corrected chi connectivity index (χ3v) is 2.28. The van der Waals surface area contributed by atoms with E-state index in [1.54, 1.807) is 6.08 Å². The second-order valence-electron chi connectivity index (χ2n) is 5.39. The summed E-state index contributed by atoms with van der Waals surface area (Å²) in [6, 6.07) is 3.71. The molecule has 0 spiro atoms. The normalized spacial score (nSPS) is 11.8. The number of phenolic OH excluding ortho intramolecular Hbond substituents is 1. The summed E-state index contributed by atoms with van der Waals surface area (Å²) in [5.74, 6) is -0.221. The first kappa shape index (κ1) is 14.3. The molecule has 18 heavy (non-hydrogen) atoms. The van der Waals surface area contributed by atoms with Crippen molar-refractivity contribution >= 4 is 12.0 Å². The fourth-order valence-corrected chi connectivity index (χ4v) is 1.61. The number of rotatable bonds is 2. The van der Waals surface area contributed by atoms with Gasteiger partial charge in [-0.15, -0.1) is 0 Å². The Morgan fingerprint density at radius 1 is 1.28 bits per heavy atom. The van der Waals surface area contributed by atoms with Crippen LogP contribution in [-0.4, -0.2) is 16.7 Å². The summed E-state index contributed by atoms with van der Waals surface area (Å²) in [7, 11) is 0. The Bertz CT molecular complexity index is 479. The number of hydrogen-bond donors (Lipinski definition) is 1. The highest BCUT2D eigenvalue weighted by molar-refractivity contribution is 5.88. The molecule has 1 aromatic rings. The van der Waals surface area contributed by atoms with E-state index in [0.717, 1.165) is 11.1 Å². The minimum Gasteiger partial charge on any atom is -0.507 e. The molecule has 0 fully saturated rings. The molecular formula is C15H20O3. The van der Waals surface area contributed by atoms with Crippen LogP contribution < -0.4 is 0 Å². The number of ether oxygens (including phenoxy) is 1. The second-order valence-corrected chi connectivity index (χ2v) is 5.39. The highest BCUT2D eigenvalue weighted by atomic mass is 16.6. The Hall–Kier alpha value is -1.77. The number of hydrogen-bond acceptors (Lipinski definition) is 3. The van der Waals surface area contributed by atoms with Crippen LogP contribution in [0.25, 0.3) is 6.08 Å². The van der Waals surface area contributed by atoms with E-state index in [-0.39, 0.29) is 5.75 Å². The summed E-state index contributed by atoms with van der Waals surface area (Å²) in [6.45, 7) is 9.21. The largest absolute Gasteiger partial charge is 0.507 e. The minimum atomic E-state index is -0.508. The Kier molecular flexibility index (Phi) is 4.17. The third-order valence-electron chi connectivity index (χ3n) is 2.28. The summed E-state index contributed by atoms with van der Waals surface area (Å²) >= 11 is 0. The number of esters is 1. The van der Waals surface area contributed by atoms with Crippen LogP contribution in [0.2, 0.25) is 0 Å². The Balaban J connectivity index is 2.88. The molecule has 0 radical (unpaired) electrons. The second kappa shape index (κ2) is 5.25. The van der Waals surface area contributed by atoms with Crippen molar-refractivity contribution in [1.82, 2.24) is 0 Å². The molecule has 0 bridgehead atoms. The maximum atomic E-state index is 11.5. The molecular weight excluding hydrogens is 228 g/mol. The summed E-state index contributed by atoms with van der Waals surface area (Å²) in [5.41, 5.74) is 1.94. The predicted molar refractivity (Wildman–Crippen MR) is 72.5 cm³/mol. The topological polar surface area (TPSA) is 46.5 Å². The molecule has 1 N–H and O–H groups in total. The van der Waals surface area contributed by atoms with Crippen LogP contribution in [0.4, 0.5) is 0 Å². The van der Waals surface area contributed by atoms with Gasteiger partial charge in [0.15, 0.2) is 0 Å². The van der Waals surface area contributed by atoms with Crippen LogP contribution in [0.5, 0.6) is 5.75 Å². The average molecular weight is 248 g/mol. The molecule has 0 aliphatic carbocycles. The fourth-order valence-electron chi connectivity index (χ4n) is 1.61. The van der Waals surface area contributed by atoms with Gasteiger partial charge in [0.25, 0.3) is 0 Å². The lowest BCUT2D eigenvalue weighted by Gasteiger charge is -2.17. The molecule has 3 heteroatoms. The third kappa shape index (κ3) is 4.24. The smallest absolute Gasteiger partial charge is 0.331 e. The van der Waals surface area contributed by atoms with Crippen molar-refractivity contribution in [1.29, 1.82) is 0 Å². The van der Waals surface area contributed by atoms with Crippen molar-refractivity contribution in [2.24, 2.45) is 0 Å². The molecule has 3 nitrogen and oxygen atoms in total. The van der Waals surface area contributed by atoms with E-state index in [9.17, 15) is 9.90 Å². The van der Waals surface area contributed by atoms with Gasteiger partial charge in [-0.25, -0.2) is 4.79 Å². The highest BCUT2D eigenvalue weighted by Gasteiger charge is 2.14. The Labute approximate surface area is 108 Å². The molecule has 0 aliphatic rings. The first-order valence-corrected chi connectivity index (χ1v) is 5.90. The first-order valence-electron chi connectivity index (χ1n) is 5.90. The zero-order valence-electron chi connectivity index (χ0n) is 11.6. The Morgan fingerprint density at radius 3 is 2.44 bits per heavy atom. The van der Waals surface area contributed by atoms with Gasteiger partial charge in [0.05, 0.1) is 0 Å². The van der Waals surface area contributed by atoms with E-state index in [1.807, 2.05) is 46.8 Å². The molecule has 0 saturated heterocycles. The zero-order valence-corrected chi connectivity index (χ0v) is 11.6. The summed E-state index contributed by atoms with van der Waals surface area (Å²) in [6.07, 6.45) is 2.91. The lowest BCUT2D eigenvalue weighted by molar-refractivity contribution is -0.148. The molecule has 0 heterocycles. The number of aromatic hydroxyl groups is 1. The van der Waals surface area contributed by atoms with Crippen LogP contribution in [0.1, 0.15) is 37.5 Å². The van der Waals surface area contributed by atoms with Gasteiger partial charge in [0.1, 0.15) is 11.4 Å². The van der Waals surface area contributed by atoms with Crippen LogP contribution in [0.3, 0.4) is 0 Å². The first-order chi connectivity index (χ1) is 8.19. The summed E-state index contributed by atoms with van der Waals surface area (Å²) in [5, 5.41) is 9.86. The molecule has 98 valence electrons. The number of aryl methyl sites for hydroxylation is 2. The van der Waals surface area contributed by atoms with Crippen LogP contribution in [0, 0.1) is 13.8 Å². The minimum absolute atomic E-state index is 0.195. The maximum Gasteiger partial charge on any atom is 0.331 e. The van der Waals surface area contributed by atoms with E-state index in [1.165, 1.54) is 6.08 Å². The lowest BCUT2D eigenvalue weighted by Crippen LogP contribution is -2.22. The molecule has 0 saturated carbocycles. The van der Waals surface area contributed by atoms with Gasteiger partial charge in [0.2, 0.25) is 0 Å². The van der Waals surface area contributed by atoms with Gasteiger partial charge in [-0.1, -0.05) is 11.6 Å². The van der Waals surface area contributed by atoms with Gasteiger partial charge >= 0.3 is 5.97 Å². The van der Waals surface area contributed by atoms with Crippen molar-refractivity contribution in [2.45, 2.75) is 40.2 Å². The van der Waals surface area contributed by atoms with Crippen LogP contribution >= 0.6 is 0 Å². The van der Waals surface area contributed by atoms with E-state index in [4.69, 9.17) is 4.74 Å². The van der Waals surface area contributed by atoms with E-state index in [2.05, 4.69) is 0 Å². The molecule has 1 rings (SSSR count). The van der Waals surface area contributed by atoms with Gasteiger partial charge in [-0.2, -0.15) is 0 Å². The van der Waals surface area contributed by atoms with Crippen molar-refractivity contribution in [3.8, 4) is 5.75 Å². The zero-order chi connectivity index (χ0) is 13.9. The molecule has 0 aromatic heterocycles. The van der Waals surface area contributed by atoms with Crippen molar-refractivity contribution < 1.29 is 14.6 Å². The van der Waals surface area contributed by atoms with E-state index < -0.39 is 11.6 Å². The van der Waals surface area contributed by atoms with Crippen molar-refractivity contribution in [2.75, 3.05) is 0 Å². The molecule has 0 atom stereocenters. The lowest BCUT2D eigenvalue weighted by atomic mass is 10.1. The maximum absolute atomic E-state index is 11.5. The monoisotopic (exact) mass is 248 g/mol. The van der Waals surface area contributed by atoms with Crippen molar-refractivity contribution in [3.05, 3.63) is 34.9 Å². The van der Waals surface area contributed by atoms with Gasteiger partial charge in [-0.3, -0.25) is 0 Å². The summed E-state index contributed by atoms with van der Waals surface area (Å²) in [4.78, 5) is 11.5. The average Bonchev–Trinajstić information content (AvgIpc) is 2.18. The van der Waals surface area contributed by atoms with E-state index >= 15 is 0 Å². The standard InChI is InChI=1S/C15H20O3/c1-10-8-11(2)14(17)12(9-10)6-7-13(16)18-15(3,4)5/h6-9,17H,1-5H3. The van der Waals surface area contributed by atoms with Crippen molar-refractivity contribution in [3.63, 3.8) is 0 Å². The number of benzene rings is 1. The van der Waals surface area contributed by atoms with Gasteiger partial charge in [-0.05, 0) is 52.3 Å². The van der Waals surface area contributed by atoms with Crippen LogP contribution in [-0.2, 0) is 9.53 Å². The molecule has 0 amide bonds.